The van der Waals surface area contributed by atoms with Gasteiger partial charge in [-0.15, -0.1) is 37.1 Å². The number of aliphatic imine (C=N–C) groups is 1. The van der Waals surface area contributed by atoms with Gasteiger partial charge in [0.15, 0.2) is 5.96 Å². The fraction of sp³-hybridized carbons (Fsp3) is 0.533. The summed E-state index contributed by atoms with van der Waals surface area (Å²) in [6.07, 6.45) is -4.01. The lowest BCUT2D eigenvalue weighted by molar-refractivity contribution is -0.274. The molecular formula is C15H23F3IN3O2. The maximum absolute atomic E-state index is 12.1. The predicted octanol–water partition coefficient (Wildman–Crippen LogP) is 2.95. The van der Waals surface area contributed by atoms with Crippen LogP contribution < -0.4 is 15.4 Å². The van der Waals surface area contributed by atoms with E-state index in [-0.39, 0.29) is 29.7 Å². The summed E-state index contributed by atoms with van der Waals surface area (Å²) in [6, 6.07) is 5.82. The van der Waals surface area contributed by atoms with Crippen molar-refractivity contribution in [1.82, 2.24) is 10.6 Å². The summed E-state index contributed by atoms with van der Waals surface area (Å²) in [5.74, 6) is 0.435. The third-order valence-corrected chi connectivity index (χ3v) is 2.83. The quantitative estimate of drug-likeness (QED) is 0.271. The van der Waals surface area contributed by atoms with Crippen LogP contribution in [0.4, 0.5) is 13.2 Å². The molecule has 0 atom stereocenters. The largest absolute Gasteiger partial charge is 0.573 e. The molecule has 0 amide bonds. The average molecular weight is 461 g/mol. The van der Waals surface area contributed by atoms with Gasteiger partial charge in [-0.05, 0) is 31.0 Å². The molecular weight excluding hydrogens is 438 g/mol. The van der Waals surface area contributed by atoms with Gasteiger partial charge in [0, 0.05) is 26.7 Å². The van der Waals surface area contributed by atoms with Crippen LogP contribution in [-0.2, 0) is 11.2 Å². The van der Waals surface area contributed by atoms with Gasteiger partial charge in [0.05, 0.1) is 6.61 Å². The number of rotatable bonds is 8. The number of alkyl halides is 3. The second-order valence-electron chi connectivity index (χ2n) is 4.56. The van der Waals surface area contributed by atoms with E-state index in [0.717, 1.165) is 5.56 Å². The smallest absolute Gasteiger partial charge is 0.406 e. The first-order chi connectivity index (χ1) is 10.9. The maximum atomic E-state index is 12.1. The zero-order valence-corrected chi connectivity index (χ0v) is 16.0. The summed E-state index contributed by atoms with van der Waals surface area (Å²) in [7, 11) is 1.67. The van der Waals surface area contributed by atoms with Gasteiger partial charge in [-0.1, -0.05) is 12.1 Å². The lowest BCUT2D eigenvalue weighted by atomic mass is 10.1. The maximum Gasteiger partial charge on any atom is 0.573 e. The van der Waals surface area contributed by atoms with E-state index in [9.17, 15) is 13.2 Å². The molecule has 0 saturated heterocycles. The third-order valence-electron chi connectivity index (χ3n) is 2.83. The molecule has 0 radical (unpaired) electrons. The fourth-order valence-electron chi connectivity index (χ4n) is 1.79. The highest BCUT2D eigenvalue weighted by Crippen LogP contribution is 2.22. The Balaban J connectivity index is 0.00000529. The van der Waals surface area contributed by atoms with E-state index in [1.807, 2.05) is 6.92 Å². The van der Waals surface area contributed by atoms with Gasteiger partial charge < -0.3 is 20.1 Å². The summed E-state index contributed by atoms with van der Waals surface area (Å²) in [5, 5.41) is 6.21. The Hall–Kier alpha value is -1.23. The second kappa shape index (κ2) is 12.2. The van der Waals surface area contributed by atoms with Gasteiger partial charge >= 0.3 is 6.36 Å². The van der Waals surface area contributed by atoms with Crippen LogP contribution in [0.1, 0.15) is 12.5 Å². The van der Waals surface area contributed by atoms with Gasteiger partial charge in [0.1, 0.15) is 5.75 Å². The van der Waals surface area contributed by atoms with Crippen molar-refractivity contribution in [3.63, 3.8) is 0 Å². The van der Waals surface area contributed by atoms with Crippen LogP contribution in [0.25, 0.3) is 0 Å². The van der Waals surface area contributed by atoms with Crippen molar-refractivity contribution in [2.75, 3.05) is 33.4 Å². The average Bonchev–Trinajstić information content (AvgIpc) is 2.50. The van der Waals surface area contributed by atoms with Crippen LogP contribution in [0.2, 0.25) is 0 Å². The van der Waals surface area contributed by atoms with E-state index in [1.165, 1.54) is 12.1 Å². The zero-order chi connectivity index (χ0) is 17.1. The molecule has 138 valence electrons. The molecule has 9 heteroatoms. The summed E-state index contributed by atoms with van der Waals surface area (Å²) < 4.78 is 45.2. The number of nitrogens with one attached hydrogen (secondary N) is 2. The molecule has 1 aromatic carbocycles. The van der Waals surface area contributed by atoms with Crippen molar-refractivity contribution in [2.45, 2.75) is 19.7 Å². The molecule has 0 fully saturated rings. The number of ether oxygens (including phenoxy) is 2. The number of nitrogens with zero attached hydrogens (tertiary/aromatic N) is 1. The van der Waals surface area contributed by atoms with E-state index in [2.05, 4.69) is 20.4 Å². The normalized spacial score (nSPS) is 11.6. The molecule has 0 bridgehead atoms. The molecule has 1 rings (SSSR count). The van der Waals surface area contributed by atoms with Crippen LogP contribution in [0, 0.1) is 0 Å². The Labute approximate surface area is 157 Å². The Morgan fingerprint density at radius 1 is 1.12 bits per heavy atom. The number of halogens is 4. The van der Waals surface area contributed by atoms with Gasteiger partial charge in [0.2, 0.25) is 0 Å². The Kier molecular flexibility index (Phi) is 11.6. The van der Waals surface area contributed by atoms with E-state index in [1.54, 1.807) is 19.2 Å². The lowest BCUT2D eigenvalue weighted by Crippen LogP contribution is -2.39. The minimum absolute atomic E-state index is 0. The molecule has 0 aliphatic rings. The first-order valence-corrected chi connectivity index (χ1v) is 7.31. The molecule has 0 aliphatic carbocycles. The number of benzene rings is 1. The molecule has 1 aromatic rings. The molecule has 0 aliphatic heterocycles. The highest BCUT2D eigenvalue weighted by atomic mass is 127. The first kappa shape index (κ1) is 22.8. The SMILES string of the molecule is CCOCCNC(=NC)NCCc1ccc(OC(F)(F)F)cc1.I. The second-order valence-corrected chi connectivity index (χ2v) is 4.56. The third kappa shape index (κ3) is 10.5. The van der Waals surface area contributed by atoms with Crippen molar-refractivity contribution in [2.24, 2.45) is 4.99 Å². The van der Waals surface area contributed by atoms with Crippen molar-refractivity contribution in [3.05, 3.63) is 29.8 Å². The van der Waals surface area contributed by atoms with Gasteiger partial charge in [-0.3, -0.25) is 4.99 Å². The molecule has 24 heavy (non-hydrogen) atoms. The first-order valence-electron chi connectivity index (χ1n) is 7.31. The Morgan fingerprint density at radius 3 is 2.29 bits per heavy atom. The standard InChI is InChI=1S/C15H22F3N3O2.HI/c1-3-22-11-10-21-14(19-2)20-9-8-12-4-6-13(7-5-12)23-15(16,17)18;/h4-7H,3,8-11H2,1-2H3,(H2,19,20,21);1H. The molecule has 0 saturated carbocycles. The minimum atomic E-state index is -4.66. The molecule has 0 unspecified atom stereocenters. The fourth-order valence-corrected chi connectivity index (χ4v) is 1.79. The van der Waals surface area contributed by atoms with Crippen molar-refractivity contribution in [3.8, 4) is 5.75 Å². The zero-order valence-electron chi connectivity index (χ0n) is 13.7. The van der Waals surface area contributed by atoms with Crippen molar-refractivity contribution >= 4 is 29.9 Å². The summed E-state index contributed by atoms with van der Waals surface area (Å²) in [4.78, 5) is 4.07. The Bertz CT molecular complexity index is 482. The van der Waals surface area contributed by atoms with Crippen LogP contribution in [0.5, 0.6) is 5.75 Å². The molecule has 2 N–H and O–H groups in total. The highest BCUT2D eigenvalue weighted by Gasteiger charge is 2.30. The van der Waals surface area contributed by atoms with Crippen LogP contribution in [-0.4, -0.2) is 45.7 Å². The summed E-state index contributed by atoms with van der Waals surface area (Å²) in [5.41, 5.74) is 0.900. The van der Waals surface area contributed by atoms with Crippen LogP contribution in [0.15, 0.2) is 29.3 Å². The van der Waals surface area contributed by atoms with Crippen LogP contribution >= 0.6 is 24.0 Å². The summed E-state index contributed by atoms with van der Waals surface area (Å²) in [6.45, 7) is 4.45. The van der Waals surface area contributed by atoms with Gasteiger partial charge in [-0.2, -0.15) is 0 Å². The molecule has 0 heterocycles. The molecule has 0 spiro atoms. The van der Waals surface area contributed by atoms with Crippen LogP contribution in [0.3, 0.4) is 0 Å². The molecule has 5 nitrogen and oxygen atoms in total. The molecule has 0 aromatic heterocycles. The van der Waals surface area contributed by atoms with Crippen molar-refractivity contribution < 1.29 is 22.6 Å². The van der Waals surface area contributed by atoms with Crippen molar-refractivity contribution in [1.29, 1.82) is 0 Å². The minimum Gasteiger partial charge on any atom is -0.406 e. The monoisotopic (exact) mass is 461 g/mol. The Morgan fingerprint density at radius 2 is 1.75 bits per heavy atom. The van der Waals surface area contributed by atoms with E-state index in [4.69, 9.17) is 4.74 Å². The highest BCUT2D eigenvalue weighted by molar-refractivity contribution is 14.0. The number of hydrogen-bond donors (Lipinski definition) is 2. The number of guanidine groups is 1. The number of hydrogen-bond acceptors (Lipinski definition) is 3. The van der Waals surface area contributed by atoms with E-state index in [0.29, 0.717) is 38.7 Å². The lowest BCUT2D eigenvalue weighted by Gasteiger charge is -2.12. The predicted molar refractivity (Wildman–Crippen MR) is 98.1 cm³/mol. The summed E-state index contributed by atoms with van der Waals surface area (Å²) >= 11 is 0. The van der Waals surface area contributed by atoms with Gasteiger partial charge in [-0.25, -0.2) is 0 Å². The van der Waals surface area contributed by atoms with E-state index >= 15 is 0 Å². The van der Waals surface area contributed by atoms with E-state index < -0.39 is 6.36 Å². The topological polar surface area (TPSA) is 54.9 Å². The van der Waals surface area contributed by atoms with Gasteiger partial charge in [0.25, 0.3) is 0 Å².